The number of carboxylic acids is 1. The molecule has 1 heterocycles. The Kier molecular flexibility index (Phi) is 5.31. The maximum Gasteiger partial charge on any atom is 0.321 e. The lowest BCUT2D eigenvalue weighted by atomic mass is 10.2. The van der Waals surface area contributed by atoms with Crippen molar-refractivity contribution in [3.05, 3.63) is 0 Å². The minimum Gasteiger partial charge on any atom is -0.480 e. The van der Waals surface area contributed by atoms with Crippen LogP contribution in [0.5, 0.6) is 0 Å². The van der Waals surface area contributed by atoms with Crippen molar-refractivity contribution in [3.8, 4) is 0 Å². The summed E-state index contributed by atoms with van der Waals surface area (Å²) in [5.74, 6) is -1.28. The summed E-state index contributed by atoms with van der Waals surface area (Å²) >= 11 is 0. The van der Waals surface area contributed by atoms with Crippen LogP contribution < -0.4 is 4.72 Å². The van der Waals surface area contributed by atoms with Crippen molar-refractivity contribution >= 4 is 16.2 Å². The topological polar surface area (TPSA) is 107 Å². The molecule has 0 amide bonds. The molecule has 7 nitrogen and oxygen atoms in total. The molecule has 1 rings (SSSR count). The Morgan fingerprint density at radius 3 is 2.35 bits per heavy atom. The average Bonchev–Trinajstić information content (AvgIpc) is 2.29. The normalized spacial score (nSPS) is 20.1. The molecule has 17 heavy (non-hydrogen) atoms. The SMILES string of the molecule is O=C(O)[C@H](CCO)NS(=O)(=O)N1CCCCC1. The second-order valence-electron chi connectivity index (χ2n) is 3.99. The molecule has 0 unspecified atom stereocenters. The minimum absolute atomic E-state index is 0.137. The third-order valence-corrected chi connectivity index (χ3v) is 4.29. The highest BCUT2D eigenvalue weighted by Gasteiger charge is 2.29. The summed E-state index contributed by atoms with van der Waals surface area (Å²) in [6, 6.07) is -1.27. The van der Waals surface area contributed by atoms with Gasteiger partial charge in [0.05, 0.1) is 0 Å². The summed E-state index contributed by atoms with van der Waals surface area (Å²) in [5, 5.41) is 17.5. The Morgan fingerprint density at radius 2 is 1.88 bits per heavy atom. The van der Waals surface area contributed by atoms with E-state index in [1.54, 1.807) is 0 Å². The lowest BCUT2D eigenvalue weighted by Gasteiger charge is -2.27. The first-order valence-electron chi connectivity index (χ1n) is 5.58. The van der Waals surface area contributed by atoms with E-state index in [0.717, 1.165) is 19.3 Å². The van der Waals surface area contributed by atoms with Gasteiger partial charge in [-0.3, -0.25) is 4.79 Å². The fraction of sp³-hybridized carbons (Fsp3) is 0.889. The molecule has 8 heteroatoms. The fourth-order valence-corrected chi connectivity index (χ4v) is 3.19. The van der Waals surface area contributed by atoms with Gasteiger partial charge < -0.3 is 10.2 Å². The van der Waals surface area contributed by atoms with Crippen LogP contribution in [0.3, 0.4) is 0 Å². The quantitative estimate of drug-likeness (QED) is 0.580. The summed E-state index contributed by atoms with van der Waals surface area (Å²) in [6.45, 7) is 0.459. The van der Waals surface area contributed by atoms with Crippen molar-refractivity contribution in [2.75, 3.05) is 19.7 Å². The van der Waals surface area contributed by atoms with Crippen LogP contribution in [-0.2, 0) is 15.0 Å². The Hall–Kier alpha value is -0.700. The van der Waals surface area contributed by atoms with E-state index in [1.807, 2.05) is 0 Å². The van der Waals surface area contributed by atoms with Crippen LogP contribution in [0.1, 0.15) is 25.7 Å². The zero-order chi connectivity index (χ0) is 12.9. The molecule has 0 aromatic carbocycles. The van der Waals surface area contributed by atoms with Crippen molar-refractivity contribution in [1.29, 1.82) is 0 Å². The van der Waals surface area contributed by atoms with Gasteiger partial charge in [-0.25, -0.2) is 0 Å². The number of hydrogen-bond donors (Lipinski definition) is 3. The second-order valence-corrected chi connectivity index (χ2v) is 5.69. The van der Waals surface area contributed by atoms with E-state index in [1.165, 1.54) is 4.31 Å². The van der Waals surface area contributed by atoms with Gasteiger partial charge in [-0.2, -0.15) is 17.4 Å². The minimum atomic E-state index is -3.76. The number of aliphatic carboxylic acids is 1. The summed E-state index contributed by atoms with van der Waals surface area (Å²) < 4.78 is 27.0. The summed E-state index contributed by atoms with van der Waals surface area (Å²) in [7, 11) is -3.76. The molecule has 0 bridgehead atoms. The summed E-state index contributed by atoms with van der Waals surface area (Å²) in [6.07, 6.45) is 2.44. The zero-order valence-corrected chi connectivity index (χ0v) is 10.3. The molecule has 0 spiro atoms. The molecule has 0 saturated carbocycles. The average molecular weight is 266 g/mol. The smallest absolute Gasteiger partial charge is 0.321 e. The highest BCUT2D eigenvalue weighted by molar-refractivity contribution is 7.87. The van der Waals surface area contributed by atoms with Gasteiger partial charge >= 0.3 is 5.97 Å². The lowest BCUT2D eigenvalue weighted by molar-refractivity contribution is -0.139. The third kappa shape index (κ3) is 4.23. The van der Waals surface area contributed by atoms with Gasteiger partial charge in [0.1, 0.15) is 6.04 Å². The molecular weight excluding hydrogens is 248 g/mol. The van der Waals surface area contributed by atoms with E-state index in [-0.39, 0.29) is 13.0 Å². The van der Waals surface area contributed by atoms with E-state index in [0.29, 0.717) is 13.1 Å². The first-order chi connectivity index (χ1) is 7.97. The van der Waals surface area contributed by atoms with Crippen molar-refractivity contribution in [2.24, 2.45) is 0 Å². The number of aliphatic hydroxyl groups excluding tert-OH is 1. The standard InChI is InChI=1S/C9H18N2O5S/c12-7-4-8(9(13)14)10-17(15,16)11-5-2-1-3-6-11/h8,10,12H,1-7H2,(H,13,14)/t8-/m0/s1. The van der Waals surface area contributed by atoms with Crippen molar-refractivity contribution in [1.82, 2.24) is 9.03 Å². The van der Waals surface area contributed by atoms with Crippen LogP contribution in [0.4, 0.5) is 0 Å². The molecule has 1 aliphatic heterocycles. The number of hydrogen-bond acceptors (Lipinski definition) is 4. The molecular formula is C9H18N2O5S. The number of piperidine rings is 1. The van der Waals surface area contributed by atoms with Crippen molar-refractivity contribution < 1.29 is 23.4 Å². The number of aliphatic hydroxyl groups is 1. The van der Waals surface area contributed by atoms with Gasteiger partial charge in [-0.05, 0) is 19.3 Å². The molecule has 0 aromatic rings. The third-order valence-electron chi connectivity index (χ3n) is 2.66. The molecule has 0 aliphatic carbocycles. The van der Waals surface area contributed by atoms with Gasteiger partial charge in [-0.1, -0.05) is 6.42 Å². The fourth-order valence-electron chi connectivity index (χ4n) is 1.72. The Balaban J connectivity index is 2.65. The van der Waals surface area contributed by atoms with Crippen LogP contribution in [0.15, 0.2) is 0 Å². The predicted molar refractivity (Wildman–Crippen MR) is 60.6 cm³/mol. The molecule has 0 aromatic heterocycles. The number of nitrogens with one attached hydrogen (secondary N) is 1. The maximum atomic E-state index is 11.8. The van der Waals surface area contributed by atoms with E-state index in [4.69, 9.17) is 10.2 Å². The maximum absolute atomic E-state index is 11.8. The van der Waals surface area contributed by atoms with Crippen LogP contribution in [0, 0.1) is 0 Å². The van der Waals surface area contributed by atoms with E-state index in [9.17, 15) is 13.2 Å². The highest BCUT2D eigenvalue weighted by atomic mass is 32.2. The summed E-state index contributed by atoms with van der Waals surface area (Å²) in [4.78, 5) is 10.8. The Bertz CT molecular complexity index is 350. The first kappa shape index (κ1) is 14.4. The van der Waals surface area contributed by atoms with E-state index < -0.39 is 22.2 Å². The second kappa shape index (κ2) is 6.29. The molecule has 1 saturated heterocycles. The van der Waals surface area contributed by atoms with Gasteiger partial charge in [0.15, 0.2) is 0 Å². The van der Waals surface area contributed by atoms with Crippen molar-refractivity contribution in [3.63, 3.8) is 0 Å². The van der Waals surface area contributed by atoms with Crippen LogP contribution in [0.2, 0.25) is 0 Å². The lowest BCUT2D eigenvalue weighted by Crippen LogP contribution is -2.50. The number of carbonyl (C=O) groups is 1. The molecule has 3 N–H and O–H groups in total. The molecule has 0 radical (unpaired) electrons. The zero-order valence-electron chi connectivity index (χ0n) is 9.50. The highest BCUT2D eigenvalue weighted by Crippen LogP contribution is 2.12. The Morgan fingerprint density at radius 1 is 1.29 bits per heavy atom. The van der Waals surface area contributed by atoms with Crippen LogP contribution in [-0.4, -0.2) is 54.6 Å². The molecule has 1 aliphatic rings. The van der Waals surface area contributed by atoms with E-state index >= 15 is 0 Å². The van der Waals surface area contributed by atoms with E-state index in [2.05, 4.69) is 4.72 Å². The number of nitrogens with zero attached hydrogens (tertiary/aromatic N) is 1. The van der Waals surface area contributed by atoms with Crippen molar-refractivity contribution in [2.45, 2.75) is 31.7 Å². The number of carboxylic acid groups (broad SMARTS) is 1. The van der Waals surface area contributed by atoms with Gasteiger partial charge in [0, 0.05) is 19.7 Å². The first-order valence-corrected chi connectivity index (χ1v) is 7.02. The number of rotatable bonds is 6. The van der Waals surface area contributed by atoms with Crippen LogP contribution in [0.25, 0.3) is 0 Å². The molecule has 1 fully saturated rings. The summed E-state index contributed by atoms with van der Waals surface area (Å²) in [5.41, 5.74) is 0. The monoisotopic (exact) mass is 266 g/mol. The molecule has 1 atom stereocenters. The van der Waals surface area contributed by atoms with Crippen LogP contribution >= 0.6 is 0 Å². The molecule has 100 valence electrons. The van der Waals surface area contributed by atoms with Gasteiger partial charge in [0.2, 0.25) is 0 Å². The van der Waals surface area contributed by atoms with Gasteiger partial charge in [0.25, 0.3) is 10.2 Å². The van der Waals surface area contributed by atoms with Gasteiger partial charge in [-0.15, -0.1) is 0 Å². The predicted octanol–water partition coefficient (Wildman–Crippen LogP) is -0.858. The largest absolute Gasteiger partial charge is 0.480 e. The Labute approximate surface area is 101 Å².